The molecule has 0 amide bonds. The van der Waals surface area contributed by atoms with Crippen molar-refractivity contribution in [2.45, 2.75) is 6.54 Å². The molecule has 0 atom stereocenters. The first kappa shape index (κ1) is 12.8. The van der Waals surface area contributed by atoms with Crippen molar-refractivity contribution in [1.82, 2.24) is 14.3 Å². The quantitative estimate of drug-likeness (QED) is 0.581. The largest absolute Gasteiger partial charge is 0.491 e. The molecule has 0 saturated heterocycles. The molecule has 0 aliphatic rings. The minimum Gasteiger partial charge on any atom is -0.491 e. The van der Waals surface area contributed by atoms with Crippen molar-refractivity contribution < 1.29 is 9.66 Å². The topological polar surface area (TPSA) is 92.2 Å². The van der Waals surface area contributed by atoms with E-state index in [0.29, 0.717) is 5.75 Å². The van der Waals surface area contributed by atoms with Gasteiger partial charge in [0.2, 0.25) is 0 Å². The molecule has 0 bridgehead atoms. The lowest BCUT2D eigenvalue weighted by atomic mass is 10.3. The van der Waals surface area contributed by atoms with Crippen molar-refractivity contribution >= 4 is 5.69 Å². The number of nitro benzene ring substituents is 1. The summed E-state index contributed by atoms with van der Waals surface area (Å²) < 4.78 is 7.97. The molecule has 0 aliphatic carbocycles. The molecule has 8 heteroatoms. The van der Waals surface area contributed by atoms with E-state index in [1.807, 2.05) is 0 Å². The Bertz CT molecular complexity index is 646. The van der Waals surface area contributed by atoms with Crippen LogP contribution in [0.4, 0.5) is 5.69 Å². The lowest BCUT2D eigenvalue weighted by Crippen LogP contribution is -2.25. The molecule has 0 radical (unpaired) electrons. The monoisotopic (exact) mass is 264 g/mol. The van der Waals surface area contributed by atoms with Gasteiger partial charge in [-0.2, -0.15) is 5.10 Å². The van der Waals surface area contributed by atoms with Crippen molar-refractivity contribution in [1.29, 1.82) is 0 Å². The molecule has 0 aliphatic heterocycles. The standard InChI is InChI=1S/C11H12N4O4/c1-13-8-12-14(11(13)16)5-6-19-10-4-2-3-9(7-10)15(17)18/h2-4,7-8H,5-6H2,1H3. The highest BCUT2D eigenvalue weighted by molar-refractivity contribution is 5.37. The normalized spacial score (nSPS) is 10.4. The van der Waals surface area contributed by atoms with E-state index in [4.69, 9.17) is 4.74 Å². The average molecular weight is 264 g/mol. The Labute approximate surface area is 108 Å². The summed E-state index contributed by atoms with van der Waals surface area (Å²) in [6.45, 7) is 0.487. The van der Waals surface area contributed by atoms with Crippen LogP contribution in [-0.4, -0.2) is 25.9 Å². The molecular formula is C11H12N4O4. The first-order valence-electron chi connectivity index (χ1n) is 5.53. The number of hydrogen-bond donors (Lipinski definition) is 0. The molecule has 1 heterocycles. The highest BCUT2D eigenvalue weighted by atomic mass is 16.6. The van der Waals surface area contributed by atoms with Crippen molar-refractivity contribution in [3.63, 3.8) is 0 Å². The maximum Gasteiger partial charge on any atom is 0.345 e. The van der Waals surface area contributed by atoms with Gasteiger partial charge in [0.05, 0.1) is 17.5 Å². The van der Waals surface area contributed by atoms with Crippen LogP contribution in [0.15, 0.2) is 35.4 Å². The van der Waals surface area contributed by atoms with Crippen molar-refractivity contribution in [3.8, 4) is 5.75 Å². The molecule has 0 spiro atoms. The molecular weight excluding hydrogens is 252 g/mol. The highest BCUT2D eigenvalue weighted by Crippen LogP contribution is 2.18. The van der Waals surface area contributed by atoms with E-state index >= 15 is 0 Å². The number of hydrogen-bond acceptors (Lipinski definition) is 5. The third kappa shape index (κ3) is 2.97. The Morgan fingerprint density at radius 1 is 1.47 bits per heavy atom. The van der Waals surface area contributed by atoms with Gasteiger partial charge in [-0.3, -0.25) is 14.7 Å². The van der Waals surface area contributed by atoms with Gasteiger partial charge in [-0.15, -0.1) is 0 Å². The third-order valence-electron chi connectivity index (χ3n) is 2.49. The number of aryl methyl sites for hydroxylation is 1. The number of nitro groups is 1. The number of aromatic nitrogens is 3. The Hall–Kier alpha value is -2.64. The second kappa shape index (κ2) is 5.34. The fraction of sp³-hybridized carbons (Fsp3) is 0.273. The maximum atomic E-state index is 11.5. The first-order chi connectivity index (χ1) is 9.08. The number of nitrogens with zero attached hydrogens (tertiary/aromatic N) is 4. The fourth-order valence-electron chi connectivity index (χ4n) is 1.51. The predicted molar refractivity (Wildman–Crippen MR) is 66.1 cm³/mol. The van der Waals surface area contributed by atoms with Crippen LogP contribution < -0.4 is 10.4 Å². The van der Waals surface area contributed by atoms with E-state index in [1.54, 1.807) is 19.2 Å². The van der Waals surface area contributed by atoms with Crippen LogP contribution >= 0.6 is 0 Å². The van der Waals surface area contributed by atoms with Gasteiger partial charge in [0, 0.05) is 13.1 Å². The summed E-state index contributed by atoms with van der Waals surface area (Å²) in [6, 6.07) is 5.88. The zero-order chi connectivity index (χ0) is 13.8. The predicted octanol–water partition coefficient (Wildman–Crippen LogP) is 0.569. The van der Waals surface area contributed by atoms with Gasteiger partial charge in [0.1, 0.15) is 18.7 Å². The SMILES string of the molecule is Cn1cnn(CCOc2cccc([N+](=O)[O-])c2)c1=O. The Kier molecular flexibility index (Phi) is 3.60. The molecule has 0 fully saturated rings. The molecule has 8 nitrogen and oxygen atoms in total. The molecule has 1 aromatic carbocycles. The summed E-state index contributed by atoms with van der Waals surface area (Å²) in [5, 5.41) is 14.5. The lowest BCUT2D eigenvalue weighted by molar-refractivity contribution is -0.384. The minimum absolute atomic E-state index is 0.0347. The molecule has 0 saturated carbocycles. The van der Waals surface area contributed by atoms with Gasteiger partial charge in [0.25, 0.3) is 5.69 Å². The van der Waals surface area contributed by atoms with Crippen LogP contribution in [0, 0.1) is 10.1 Å². The summed E-state index contributed by atoms with van der Waals surface area (Å²) in [5.74, 6) is 0.387. The van der Waals surface area contributed by atoms with Gasteiger partial charge in [-0.05, 0) is 6.07 Å². The van der Waals surface area contributed by atoms with E-state index < -0.39 is 4.92 Å². The molecule has 0 N–H and O–H groups in total. The molecule has 2 aromatic rings. The molecule has 100 valence electrons. The summed E-state index contributed by atoms with van der Waals surface area (Å²) in [7, 11) is 1.60. The van der Waals surface area contributed by atoms with E-state index in [0.717, 1.165) is 0 Å². The van der Waals surface area contributed by atoms with E-state index in [2.05, 4.69) is 5.10 Å². The third-order valence-corrected chi connectivity index (χ3v) is 2.49. The van der Waals surface area contributed by atoms with Crippen LogP contribution in [0.2, 0.25) is 0 Å². The van der Waals surface area contributed by atoms with Crippen LogP contribution in [0.1, 0.15) is 0 Å². The number of non-ortho nitro benzene ring substituents is 1. The number of rotatable bonds is 5. The first-order valence-corrected chi connectivity index (χ1v) is 5.53. The second-order valence-corrected chi connectivity index (χ2v) is 3.85. The van der Waals surface area contributed by atoms with Gasteiger partial charge in [0.15, 0.2) is 0 Å². The fourth-order valence-corrected chi connectivity index (χ4v) is 1.51. The molecule has 0 unspecified atom stereocenters. The van der Waals surface area contributed by atoms with Crippen LogP contribution in [-0.2, 0) is 13.6 Å². The Morgan fingerprint density at radius 3 is 2.89 bits per heavy atom. The summed E-state index contributed by atoms with van der Waals surface area (Å²) in [4.78, 5) is 21.6. The van der Waals surface area contributed by atoms with E-state index in [1.165, 1.54) is 27.7 Å². The van der Waals surface area contributed by atoms with E-state index in [-0.39, 0.29) is 24.5 Å². The molecule has 19 heavy (non-hydrogen) atoms. The smallest absolute Gasteiger partial charge is 0.345 e. The Morgan fingerprint density at radius 2 is 2.26 bits per heavy atom. The Balaban J connectivity index is 1.96. The zero-order valence-corrected chi connectivity index (χ0v) is 10.2. The van der Waals surface area contributed by atoms with Crippen molar-refractivity contribution in [2.24, 2.45) is 7.05 Å². The summed E-state index contributed by atoms with van der Waals surface area (Å²) in [5.41, 5.74) is -0.268. The number of benzene rings is 1. The van der Waals surface area contributed by atoms with Gasteiger partial charge >= 0.3 is 5.69 Å². The highest BCUT2D eigenvalue weighted by Gasteiger charge is 2.06. The van der Waals surface area contributed by atoms with Crippen LogP contribution in [0.5, 0.6) is 5.75 Å². The van der Waals surface area contributed by atoms with E-state index in [9.17, 15) is 14.9 Å². The van der Waals surface area contributed by atoms with Gasteiger partial charge < -0.3 is 4.74 Å². The maximum absolute atomic E-state index is 11.5. The van der Waals surface area contributed by atoms with Crippen LogP contribution in [0.3, 0.4) is 0 Å². The van der Waals surface area contributed by atoms with Gasteiger partial charge in [-0.1, -0.05) is 6.07 Å². The minimum atomic E-state index is -0.490. The second-order valence-electron chi connectivity index (χ2n) is 3.85. The zero-order valence-electron chi connectivity index (χ0n) is 10.2. The van der Waals surface area contributed by atoms with Gasteiger partial charge in [-0.25, -0.2) is 9.48 Å². The summed E-state index contributed by atoms with van der Waals surface area (Å²) >= 11 is 0. The summed E-state index contributed by atoms with van der Waals surface area (Å²) in [6.07, 6.45) is 1.41. The average Bonchev–Trinajstić information content (AvgIpc) is 2.71. The molecule has 2 rings (SSSR count). The number of ether oxygens (including phenoxy) is 1. The van der Waals surface area contributed by atoms with Crippen LogP contribution in [0.25, 0.3) is 0 Å². The van der Waals surface area contributed by atoms with Crippen molar-refractivity contribution in [3.05, 3.63) is 51.2 Å². The molecule has 1 aromatic heterocycles. The lowest BCUT2D eigenvalue weighted by Gasteiger charge is -2.05. The van der Waals surface area contributed by atoms with Crippen molar-refractivity contribution in [2.75, 3.05) is 6.61 Å².